The van der Waals surface area contributed by atoms with Crippen LogP contribution in [0.3, 0.4) is 0 Å². The van der Waals surface area contributed by atoms with Gasteiger partial charge in [-0.2, -0.15) is 0 Å². The third-order valence-electron chi connectivity index (χ3n) is 3.68. The van der Waals surface area contributed by atoms with E-state index in [2.05, 4.69) is 0 Å². The normalized spacial score (nSPS) is 14.5. The molecule has 1 aromatic rings. The van der Waals surface area contributed by atoms with Crippen molar-refractivity contribution in [1.82, 2.24) is 4.90 Å². The summed E-state index contributed by atoms with van der Waals surface area (Å²) >= 11 is 0. The quantitative estimate of drug-likeness (QED) is 0.778. The summed E-state index contributed by atoms with van der Waals surface area (Å²) in [4.78, 5) is 14.3. The molecule has 0 radical (unpaired) electrons. The van der Waals surface area contributed by atoms with Crippen molar-refractivity contribution in [2.45, 2.75) is 44.9 Å². The fourth-order valence-corrected chi connectivity index (χ4v) is 2.89. The lowest BCUT2D eigenvalue weighted by atomic mass is 10.0. The molecule has 1 aromatic carbocycles. The van der Waals surface area contributed by atoms with Crippen molar-refractivity contribution < 1.29 is 13.2 Å². The molecule has 0 spiro atoms. The molecule has 1 rings (SSSR count). The smallest absolute Gasteiger partial charge is 0.241 e. The second kappa shape index (κ2) is 7.59. The van der Waals surface area contributed by atoms with Crippen molar-refractivity contribution in [1.29, 1.82) is 0 Å². The van der Waals surface area contributed by atoms with Gasteiger partial charge in [0.25, 0.3) is 0 Å². The van der Waals surface area contributed by atoms with E-state index in [4.69, 9.17) is 0 Å². The average molecular weight is 311 g/mol. The Hall–Kier alpha value is -1.36. The number of amides is 1. The van der Waals surface area contributed by atoms with E-state index in [1.54, 1.807) is 4.90 Å². The van der Waals surface area contributed by atoms with E-state index in [9.17, 15) is 13.2 Å². The number of carbonyl (C=O) groups is 1. The molecule has 0 aliphatic heterocycles. The number of nitrogens with zero attached hydrogens (tertiary/aromatic N) is 1. The Labute approximate surface area is 128 Å². The minimum absolute atomic E-state index is 0.0807. The van der Waals surface area contributed by atoms with Crippen LogP contribution in [0.15, 0.2) is 30.3 Å². The van der Waals surface area contributed by atoms with E-state index in [1.807, 2.05) is 44.2 Å². The maximum absolute atomic E-state index is 12.6. The summed E-state index contributed by atoms with van der Waals surface area (Å²) in [5.41, 5.74) is 1.04. The van der Waals surface area contributed by atoms with E-state index in [0.29, 0.717) is 6.54 Å². The zero-order valence-corrected chi connectivity index (χ0v) is 14.1. The van der Waals surface area contributed by atoms with Crippen molar-refractivity contribution in [3.8, 4) is 0 Å². The van der Waals surface area contributed by atoms with Crippen LogP contribution in [0, 0.1) is 0 Å². The van der Waals surface area contributed by atoms with Crippen molar-refractivity contribution in [2.24, 2.45) is 0 Å². The highest BCUT2D eigenvalue weighted by Gasteiger charge is 2.31. The van der Waals surface area contributed by atoms with Gasteiger partial charge in [-0.25, -0.2) is 8.42 Å². The third-order valence-corrected chi connectivity index (χ3v) is 5.17. The Kier molecular flexibility index (Phi) is 6.40. The lowest BCUT2D eigenvalue weighted by molar-refractivity contribution is -0.133. The highest BCUT2D eigenvalue weighted by molar-refractivity contribution is 7.92. The Morgan fingerprint density at radius 3 is 2.19 bits per heavy atom. The molecule has 0 bridgehead atoms. The van der Waals surface area contributed by atoms with Crippen LogP contribution in [0.2, 0.25) is 0 Å². The third kappa shape index (κ3) is 4.56. The molecule has 0 aliphatic rings. The zero-order chi connectivity index (χ0) is 16.0. The molecule has 0 fully saturated rings. The summed E-state index contributed by atoms with van der Waals surface area (Å²) in [6.45, 7) is 6.03. The van der Waals surface area contributed by atoms with Crippen LogP contribution in [-0.4, -0.2) is 37.3 Å². The molecule has 4 nitrogen and oxygen atoms in total. The van der Waals surface area contributed by atoms with Gasteiger partial charge >= 0.3 is 0 Å². The Balaban J connectivity index is 3.12. The van der Waals surface area contributed by atoms with Crippen molar-refractivity contribution in [3.05, 3.63) is 35.9 Å². The minimum atomic E-state index is -3.38. The molecule has 0 heterocycles. The van der Waals surface area contributed by atoms with Crippen LogP contribution in [0.5, 0.6) is 0 Å². The van der Waals surface area contributed by atoms with E-state index in [1.165, 1.54) is 6.92 Å². The summed E-state index contributed by atoms with van der Waals surface area (Å²) < 4.78 is 23.4. The predicted octanol–water partition coefficient (Wildman–Crippen LogP) is 2.81. The lowest BCUT2D eigenvalue weighted by Gasteiger charge is -2.33. The number of hydrogen-bond donors (Lipinski definition) is 0. The van der Waals surface area contributed by atoms with E-state index in [-0.39, 0.29) is 11.9 Å². The van der Waals surface area contributed by atoms with Gasteiger partial charge in [0.15, 0.2) is 9.84 Å². The van der Waals surface area contributed by atoms with Gasteiger partial charge in [-0.05, 0) is 25.3 Å². The topological polar surface area (TPSA) is 54.5 Å². The molecule has 0 saturated carbocycles. The summed E-state index contributed by atoms with van der Waals surface area (Å²) in [7, 11) is -3.38. The Morgan fingerprint density at radius 1 is 1.19 bits per heavy atom. The number of hydrogen-bond acceptors (Lipinski definition) is 3. The van der Waals surface area contributed by atoms with Crippen molar-refractivity contribution in [3.63, 3.8) is 0 Å². The van der Waals surface area contributed by atoms with Crippen LogP contribution in [0.4, 0.5) is 0 Å². The fraction of sp³-hybridized carbons (Fsp3) is 0.562. The van der Waals surface area contributed by atoms with Gasteiger partial charge in [-0.1, -0.05) is 44.2 Å². The fourth-order valence-electron chi connectivity index (χ4n) is 2.39. The second-order valence-corrected chi connectivity index (χ2v) is 7.70. The van der Waals surface area contributed by atoms with E-state index >= 15 is 0 Å². The van der Waals surface area contributed by atoms with Crippen LogP contribution in [0.25, 0.3) is 0 Å². The van der Waals surface area contributed by atoms with Crippen LogP contribution in [0.1, 0.15) is 45.2 Å². The SMILES string of the molecule is CCCN(C(=O)C(C)S(C)(=O)=O)C(CC)c1ccccc1. The minimum Gasteiger partial charge on any atom is -0.335 e. The standard InChI is InChI=1S/C16H25NO3S/c1-5-12-17(16(18)13(3)21(4,19)20)15(6-2)14-10-8-7-9-11-14/h7-11,13,15H,5-6,12H2,1-4H3. The first-order valence-electron chi connectivity index (χ1n) is 7.37. The number of sulfone groups is 1. The Morgan fingerprint density at radius 2 is 1.76 bits per heavy atom. The maximum atomic E-state index is 12.6. The number of carbonyl (C=O) groups excluding carboxylic acids is 1. The first kappa shape index (κ1) is 17.7. The average Bonchev–Trinajstić information content (AvgIpc) is 2.46. The van der Waals surface area contributed by atoms with Crippen LogP contribution in [-0.2, 0) is 14.6 Å². The van der Waals surface area contributed by atoms with Gasteiger partial charge in [-0.15, -0.1) is 0 Å². The van der Waals surface area contributed by atoms with Gasteiger partial charge in [0.1, 0.15) is 5.25 Å². The van der Waals surface area contributed by atoms with E-state index < -0.39 is 15.1 Å². The lowest BCUT2D eigenvalue weighted by Crippen LogP contribution is -2.43. The van der Waals surface area contributed by atoms with Gasteiger partial charge in [-0.3, -0.25) is 4.79 Å². The van der Waals surface area contributed by atoms with E-state index in [0.717, 1.165) is 24.7 Å². The number of rotatable bonds is 7. The molecule has 118 valence electrons. The first-order chi connectivity index (χ1) is 9.82. The molecule has 1 amide bonds. The molecule has 5 heteroatoms. The molecule has 21 heavy (non-hydrogen) atoms. The molecular weight excluding hydrogens is 286 g/mol. The number of benzene rings is 1. The van der Waals surface area contributed by atoms with Gasteiger partial charge < -0.3 is 4.90 Å². The summed E-state index contributed by atoms with van der Waals surface area (Å²) in [5, 5.41) is -0.998. The summed E-state index contributed by atoms with van der Waals surface area (Å²) in [5.74, 6) is -0.310. The predicted molar refractivity (Wildman–Crippen MR) is 85.8 cm³/mol. The van der Waals surface area contributed by atoms with Crippen molar-refractivity contribution in [2.75, 3.05) is 12.8 Å². The summed E-state index contributed by atoms with van der Waals surface area (Å²) in [6.07, 6.45) is 2.67. The maximum Gasteiger partial charge on any atom is 0.241 e. The molecule has 2 unspecified atom stereocenters. The largest absolute Gasteiger partial charge is 0.335 e. The monoisotopic (exact) mass is 311 g/mol. The van der Waals surface area contributed by atoms with Crippen LogP contribution < -0.4 is 0 Å². The molecule has 0 aromatic heterocycles. The van der Waals surface area contributed by atoms with Crippen LogP contribution >= 0.6 is 0 Å². The first-order valence-corrected chi connectivity index (χ1v) is 9.32. The van der Waals surface area contributed by atoms with Gasteiger partial charge in [0.05, 0.1) is 6.04 Å². The highest BCUT2D eigenvalue weighted by Crippen LogP contribution is 2.25. The molecule has 0 N–H and O–H groups in total. The molecule has 0 aliphatic carbocycles. The highest BCUT2D eigenvalue weighted by atomic mass is 32.2. The molecule has 2 atom stereocenters. The van der Waals surface area contributed by atoms with Gasteiger partial charge in [0.2, 0.25) is 5.91 Å². The molecule has 0 saturated heterocycles. The summed E-state index contributed by atoms with van der Waals surface area (Å²) in [6, 6.07) is 9.69. The van der Waals surface area contributed by atoms with Gasteiger partial charge in [0, 0.05) is 12.8 Å². The molecular formula is C16H25NO3S. The Bertz CT molecular complexity index is 554. The zero-order valence-electron chi connectivity index (χ0n) is 13.2. The van der Waals surface area contributed by atoms with Crippen molar-refractivity contribution >= 4 is 15.7 Å². The second-order valence-electron chi connectivity index (χ2n) is 5.34.